The van der Waals surface area contributed by atoms with Gasteiger partial charge in [-0.3, -0.25) is 4.79 Å². The predicted molar refractivity (Wildman–Crippen MR) is 136 cm³/mol. The zero-order valence-electron chi connectivity index (χ0n) is 22.2. The van der Waals surface area contributed by atoms with Crippen molar-refractivity contribution < 1.29 is 24.5 Å². The Morgan fingerprint density at radius 3 is 2.41 bits per heavy atom. The number of ether oxygens (including phenoxy) is 1. The van der Waals surface area contributed by atoms with Crippen molar-refractivity contribution in [3.63, 3.8) is 0 Å². The van der Waals surface area contributed by atoms with E-state index in [-0.39, 0.29) is 17.9 Å². The molecule has 4 aliphatic carbocycles. The van der Waals surface area contributed by atoms with E-state index >= 15 is 0 Å². The van der Waals surface area contributed by atoms with Gasteiger partial charge in [-0.05, 0) is 88.9 Å². The Labute approximate surface area is 218 Å². The molecule has 37 heavy (non-hydrogen) atoms. The van der Waals surface area contributed by atoms with Gasteiger partial charge < -0.3 is 30.5 Å². The molecule has 10 nitrogen and oxygen atoms in total. The lowest BCUT2D eigenvalue weighted by Gasteiger charge is -2.58. The molecule has 2 amide bonds. The van der Waals surface area contributed by atoms with Crippen LogP contribution >= 0.6 is 0 Å². The molecule has 1 aromatic rings. The van der Waals surface area contributed by atoms with Crippen LogP contribution in [-0.4, -0.2) is 74.5 Å². The molecular formula is C27H41N5O5. The largest absolute Gasteiger partial charge is 0.444 e. The Balaban J connectivity index is 1.20. The van der Waals surface area contributed by atoms with Gasteiger partial charge in [-0.2, -0.15) is 0 Å². The minimum Gasteiger partial charge on any atom is -0.444 e. The van der Waals surface area contributed by atoms with Crippen LogP contribution in [0.15, 0.2) is 6.33 Å². The third-order valence-electron chi connectivity index (χ3n) is 8.75. The lowest BCUT2D eigenvalue weighted by Crippen LogP contribution is -2.53. The average Bonchev–Trinajstić information content (AvgIpc) is 2.83. The van der Waals surface area contributed by atoms with E-state index in [1.807, 2.05) is 0 Å². The van der Waals surface area contributed by atoms with Gasteiger partial charge in [-0.15, -0.1) is 0 Å². The van der Waals surface area contributed by atoms with Crippen LogP contribution in [0.4, 0.5) is 10.6 Å². The first-order chi connectivity index (χ1) is 17.5. The Morgan fingerprint density at radius 2 is 1.81 bits per heavy atom. The normalized spacial score (nSPS) is 29.9. The highest BCUT2D eigenvalue weighted by molar-refractivity contribution is 5.86. The van der Waals surface area contributed by atoms with Gasteiger partial charge in [0.1, 0.15) is 23.8 Å². The van der Waals surface area contributed by atoms with Gasteiger partial charge in [0, 0.05) is 18.7 Å². The zero-order chi connectivity index (χ0) is 26.4. The Hall–Kier alpha value is -2.46. The van der Waals surface area contributed by atoms with Crippen molar-refractivity contribution in [2.75, 3.05) is 25.0 Å². The molecule has 1 aromatic heterocycles. The van der Waals surface area contributed by atoms with Crippen LogP contribution in [-0.2, 0) is 22.5 Å². The van der Waals surface area contributed by atoms with Gasteiger partial charge in [0.05, 0.1) is 24.9 Å². The van der Waals surface area contributed by atoms with Crippen molar-refractivity contribution in [3.05, 3.63) is 17.6 Å². The smallest absolute Gasteiger partial charge is 0.408 e. The SMILES string of the molecule is CC(C)(C)OC(=O)N[C@H](CO)C(=O)N1CCc2c(ncnc2NCC(O)C23CC4CC(CC(C4)C2)C3)C1. The predicted octanol–water partition coefficient (Wildman–Crippen LogP) is 2.24. The minimum atomic E-state index is -1.09. The number of amides is 2. The lowest BCUT2D eigenvalue weighted by atomic mass is 9.48. The van der Waals surface area contributed by atoms with E-state index in [0.29, 0.717) is 25.3 Å². The molecule has 2 heterocycles. The van der Waals surface area contributed by atoms with Crippen molar-refractivity contribution in [2.24, 2.45) is 23.2 Å². The number of nitrogens with zero attached hydrogens (tertiary/aromatic N) is 3. The van der Waals surface area contributed by atoms with E-state index in [1.54, 1.807) is 25.7 Å². The fourth-order valence-corrected chi connectivity index (χ4v) is 7.55. The summed E-state index contributed by atoms with van der Waals surface area (Å²) in [5.41, 5.74) is 1.01. The number of aliphatic hydroxyl groups is 2. The Bertz CT molecular complexity index is 990. The van der Waals surface area contributed by atoms with Crippen molar-refractivity contribution in [1.29, 1.82) is 0 Å². The van der Waals surface area contributed by atoms with Crippen LogP contribution in [0.5, 0.6) is 0 Å². The molecule has 4 bridgehead atoms. The number of anilines is 1. The molecule has 4 N–H and O–H groups in total. The molecule has 204 valence electrons. The second-order valence-electron chi connectivity index (χ2n) is 12.7. The molecule has 0 aromatic carbocycles. The molecule has 5 aliphatic rings. The summed E-state index contributed by atoms with van der Waals surface area (Å²) in [6.07, 6.45) is 8.34. The number of rotatable bonds is 7. The van der Waals surface area contributed by atoms with Gasteiger partial charge in [0.25, 0.3) is 0 Å². The molecule has 0 spiro atoms. The van der Waals surface area contributed by atoms with Crippen LogP contribution in [0.1, 0.15) is 70.6 Å². The molecule has 1 aliphatic heterocycles. The second-order valence-corrected chi connectivity index (χ2v) is 12.7. The second kappa shape index (κ2) is 10.0. The van der Waals surface area contributed by atoms with E-state index in [9.17, 15) is 19.8 Å². The maximum absolute atomic E-state index is 13.0. The number of alkyl carbamates (subject to hydrolysis) is 1. The summed E-state index contributed by atoms with van der Waals surface area (Å²) < 4.78 is 5.22. The Kier molecular flexibility index (Phi) is 7.08. The maximum Gasteiger partial charge on any atom is 0.408 e. The number of nitrogens with one attached hydrogen (secondary N) is 2. The first-order valence-electron chi connectivity index (χ1n) is 13.7. The number of fused-ring (bicyclic) bond motifs is 1. The van der Waals surface area contributed by atoms with Gasteiger partial charge >= 0.3 is 6.09 Å². The molecule has 0 radical (unpaired) electrons. The lowest BCUT2D eigenvalue weighted by molar-refractivity contribution is -0.135. The fourth-order valence-electron chi connectivity index (χ4n) is 7.55. The third-order valence-corrected chi connectivity index (χ3v) is 8.75. The molecular weight excluding hydrogens is 474 g/mol. The van der Waals surface area contributed by atoms with Crippen LogP contribution in [0.3, 0.4) is 0 Å². The topological polar surface area (TPSA) is 137 Å². The van der Waals surface area contributed by atoms with Gasteiger partial charge in [-0.1, -0.05) is 0 Å². The van der Waals surface area contributed by atoms with Crippen molar-refractivity contribution in [3.8, 4) is 0 Å². The molecule has 4 fully saturated rings. The van der Waals surface area contributed by atoms with Crippen LogP contribution < -0.4 is 10.6 Å². The van der Waals surface area contributed by atoms with E-state index in [0.717, 1.165) is 48.3 Å². The molecule has 1 unspecified atom stereocenters. The highest BCUT2D eigenvalue weighted by Crippen LogP contribution is 2.61. The van der Waals surface area contributed by atoms with E-state index in [2.05, 4.69) is 20.6 Å². The number of hydrogen-bond donors (Lipinski definition) is 4. The fraction of sp³-hybridized carbons (Fsp3) is 0.778. The van der Waals surface area contributed by atoms with E-state index in [4.69, 9.17) is 4.74 Å². The summed E-state index contributed by atoms with van der Waals surface area (Å²) >= 11 is 0. The summed E-state index contributed by atoms with van der Waals surface area (Å²) in [5, 5.41) is 26.9. The zero-order valence-corrected chi connectivity index (χ0v) is 22.2. The number of carbonyl (C=O) groups is 2. The van der Waals surface area contributed by atoms with Crippen LogP contribution in [0, 0.1) is 23.2 Å². The van der Waals surface area contributed by atoms with Gasteiger partial charge in [-0.25, -0.2) is 14.8 Å². The maximum atomic E-state index is 13.0. The average molecular weight is 516 g/mol. The van der Waals surface area contributed by atoms with Gasteiger partial charge in [0.15, 0.2) is 0 Å². The van der Waals surface area contributed by atoms with Crippen molar-refractivity contribution in [1.82, 2.24) is 20.2 Å². The van der Waals surface area contributed by atoms with Crippen LogP contribution in [0.25, 0.3) is 0 Å². The standard InChI is InChI=1S/C27H41N5O5/c1-26(2,3)37-25(36)31-21(14-33)24(35)32-5-4-19-20(13-32)29-15-30-23(19)28-12-22(34)27-9-16-6-17(10-27)8-18(7-16)11-27/h15-18,21-22,33-34H,4-14H2,1-3H3,(H,31,36)(H,28,29,30)/t16?,17?,18?,21-,22?,27?/m1/s1. The molecule has 2 atom stereocenters. The van der Waals surface area contributed by atoms with E-state index in [1.165, 1.54) is 25.6 Å². The number of aliphatic hydroxyl groups excluding tert-OH is 2. The third kappa shape index (κ3) is 5.55. The molecule has 6 rings (SSSR count). The minimum absolute atomic E-state index is 0.0402. The monoisotopic (exact) mass is 515 g/mol. The summed E-state index contributed by atoms with van der Waals surface area (Å²) in [6.45, 7) is 5.81. The molecule has 4 saturated carbocycles. The highest BCUT2D eigenvalue weighted by Gasteiger charge is 2.53. The number of aromatic nitrogens is 2. The molecule has 0 saturated heterocycles. The van der Waals surface area contributed by atoms with Crippen molar-refractivity contribution in [2.45, 2.75) is 90.0 Å². The highest BCUT2D eigenvalue weighted by atomic mass is 16.6. The van der Waals surface area contributed by atoms with Crippen molar-refractivity contribution >= 4 is 17.8 Å². The number of hydrogen-bond acceptors (Lipinski definition) is 8. The quantitative estimate of drug-likeness (QED) is 0.434. The first-order valence-corrected chi connectivity index (χ1v) is 13.7. The van der Waals surface area contributed by atoms with E-state index < -0.39 is 30.4 Å². The summed E-state index contributed by atoms with van der Waals surface area (Å²) in [5.74, 6) is 2.67. The number of carbonyl (C=O) groups excluding carboxylic acids is 2. The van der Waals surface area contributed by atoms with Gasteiger partial charge in [0.2, 0.25) is 5.91 Å². The summed E-state index contributed by atoms with van der Waals surface area (Å²) in [7, 11) is 0. The molecule has 10 heteroatoms. The summed E-state index contributed by atoms with van der Waals surface area (Å²) in [4.78, 5) is 35.6. The van der Waals surface area contributed by atoms with Crippen LogP contribution in [0.2, 0.25) is 0 Å². The summed E-state index contributed by atoms with van der Waals surface area (Å²) in [6, 6.07) is -1.09. The Morgan fingerprint density at radius 1 is 1.16 bits per heavy atom. The first kappa shape index (κ1) is 26.2.